The van der Waals surface area contributed by atoms with Crippen LogP contribution in [0.15, 0.2) is 60.9 Å². The second-order valence-electron chi connectivity index (χ2n) is 17.3. The number of halogens is 1. The lowest BCUT2D eigenvalue weighted by Crippen LogP contribution is -2.61. The van der Waals surface area contributed by atoms with E-state index in [1.54, 1.807) is 12.4 Å². The zero-order valence-corrected chi connectivity index (χ0v) is 36.0. The van der Waals surface area contributed by atoms with Crippen LogP contribution in [0.3, 0.4) is 0 Å². The molecule has 2 heterocycles. The highest BCUT2D eigenvalue weighted by Crippen LogP contribution is 2.52. The molecule has 4 amide bonds. The molecule has 0 aliphatic heterocycles. The van der Waals surface area contributed by atoms with Crippen molar-refractivity contribution in [3.05, 3.63) is 72.1 Å². The minimum Gasteiger partial charge on any atom is -0.458 e. The predicted molar refractivity (Wildman–Crippen MR) is 234 cm³/mol. The number of carbonyl (C=O) groups is 6. The molecule has 62 heavy (non-hydrogen) atoms. The average molecular weight is 872 g/mol. The van der Waals surface area contributed by atoms with Crippen molar-refractivity contribution in [3.63, 3.8) is 0 Å². The Balaban J connectivity index is 0.00000578. The number of hydrogen-bond acceptors (Lipinski definition) is 10. The molecule has 10 rings (SSSR count). The molecule has 2 aromatic carbocycles. The van der Waals surface area contributed by atoms with Gasteiger partial charge < -0.3 is 40.7 Å². The topological polar surface area (TPSA) is 213 Å². The predicted octanol–water partition coefficient (Wildman–Crippen LogP) is 4.24. The van der Waals surface area contributed by atoms with Gasteiger partial charge in [0.15, 0.2) is 0 Å². The summed E-state index contributed by atoms with van der Waals surface area (Å²) < 4.78 is 12.4. The number of fused-ring (bicyclic) bond motifs is 8. The lowest BCUT2D eigenvalue weighted by atomic mass is 9.56. The Labute approximate surface area is 366 Å². The zero-order chi connectivity index (χ0) is 42.6. The molecule has 6 fully saturated rings. The van der Waals surface area contributed by atoms with Crippen LogP contribution in [0.5, 0.6) is 0 Å². The number of imide groups is 1. The summed E-state index contributed by atoms with van der Waals surface area (Å²) in [5, 5.41) is 16.4. The van der Waals surface area contributed by atoms with Crippen LogP contribution in [-0.4, -0.2) is 98.0 Å². The van der Waals surface area contributed by atoms with E-state index in [2.05, 4.69) is 36.6 Å². The third-order valence-electron chi connectivity index (χ3n) is 13.9. The van der Waals surface area contributed by atoms with Gasteiger partial charge in [0.25, 0.3) is 0 Å². The van der Waals surface area contributed by atoms with Crippen molar-refractivity contribution in [1.29, 1.82) is 0 Å². The monoisotopic (exact) mass is 871 g/mol. The maximum atomic E-state index is 14.8. The number of para-hydroxylation sites is 2. The number of benzene rings is 2. The summed E-state index contributed by atoms with van der Waals surface area (Å²) in [5.74, 6) is -7.83. The molecule has 6 aliphatic carbocycles. The van der Waals surface area contributed by atoms with Gasteiger partial charge in [-0.15, -0.1) is 12.4 Å². The molecular formula is C46H58ClN7O8. The maximum absolute atomic E-state index is 14.8. The van der Waals surface area contributed by atoms with Gasteiger partial charge in [0, 0.05) is 59.1 Å². The van der Waals surface area contributed by atoms with E-state index in [-0.39, 0.29) is 36.1 Å². The van der Waals surface area contributed by atoms with E-state index in [4.69, 9.17) is 9.47 Å². The van der Waals surface area contributed by atoms with E-state index < -0.39 is 71.5 Å². The number of nitrogens with one attached hydrogen (secondary N) is 7. The fourth-order valence-electron chi connectivity index (χ4n) is 11.1. The SMILES string of the molecule is CNCCCNC(=O)C1C2CCC(C(OC(=O)c3c[nH]c4ccccc34)C2)C1C(=O)NC(=O)C1C2CCC(CC2OC(=O)c2c[nH]c3ccccc23)C1C(=O)NCCCNC.Cl. The highest BCUT2D eigenvalue weighted by molar-refractivity contribution is 6.05. The van der Waals surface area contributed by atoms with Crippen LogP contribution < -0.4 is 26.6 Å². The Morgan fingerprint density at radius 2 is 0.984 bits per heavy atom. The van der Waals surface area contributed by atoms with Crippen LogP contribution in [0, 0.1) is 47.3 Å². The summed E-state index contributed by atoms with van der Waals surface area (Å²) >= 11 is 0. The van der Waals surface area contributed by atoms with Crippen molar-refractivity contribution in [2.45, 2.75) is 63.6 Å². The van der Waals surface area contributed by atoms with Gasteiger partial charge in [-0.1, -0.05) is 36.4 Å². The van der Waals surface area contributed by atoms with Crippen LogP contribution >= 0.6 is 12.4 Å². The molecule has 6 saturated carbocycles. The van der Waals surface area contributed by atoms with Gasteiger partial charge in [-0.05, 0) is 103 Å². The van der Waals surface area contributed by atoms with E-state index in [1.807, 2.05) is 62.6 Å². The standard InChI is InChI=1S/C46H57N7O8.ClH/c1-47-17-7-19-49-41(54)37-25-13-15-29(35(21-25)60-45(58)31-23-51-33-11-5-3-9-27(31)33)39(37)43(56)53-44(57)40-30-16-14-26(38(40)42(55)50-20-8-18-48-2)22-36(30)61-46(59)32-24-52-34-12-6-4-10-28(32)34;/h3-6,9-12,23-26,29-30,35-40,47-48,51-52H,7-8,13-22H2,1-2H3,(H,49,54)(H,50,55)(H,53,56,57);1H. The Bertz CT molecular complexity index is 2120. The highest BCUT2D eigenvalue weighted by atomic mass is 35.5. The number of rotatable bonds is 16. The van der Waals surface area contributed by atoms with Gasteiger partial charge in [0.2, 0.25) is 23.6 Å². The van der Waals surface area contributed by atoms with Crippen molar-refractivity contribution >= 4 is 69.8 Å². The molecule has 4 bridgehead atoms. The number of ether oxygens (including phenoxy) is 2. The molecule has 0 radical (unpaired) electrons. The molecule has 7 N–H and O–H groups in total. The van der Waals surface area contributed by atoms with Gasteiger partial charge in [-0.2, -0.15) is 0 Å². The summed E-state index contributed by atoms with van der Waals surface area (Å²) in [5.41, 5.74) is 2.35. The van der Waals surface area contributed by atoms with Crippen LogP contribution in [0.25, 0.3) is 21.8 Å². The molecule has 4 aromatic rings. The fraction of sp³-hybridized carbons (Fsp3) is 0.522. The largest absolute Gasteiger partial charge is 0.458 e. The Kier molecular flexibility index (Phi) is 14.3. The summed E-state index contributed by atoms with van der Waals surface area (Å²) in [6.45, 7) is 2.23. The zero-order valence-electron chi connectivity index (χ0n) is 35.2. The van der Waals surface area contributed by atoms with Crippen molar-refractivity contribution in [2.24, 2.45) is 47.3 Å². The molecule has 332 valence electrons. The smallest absolute Gasteiger partial charge is 0.340 e. The third kappa shape index (κ3) is 8.98. The number of esters is 2. The van der Waals surface area contributed by atoms with Crippen LogP contribution in [0.2, 0.25) is 0 Å². The first kappa shape index (κ1) is 44.8. The van der Waals surface area contributed by atoms with Gasteiger partial charge >= 0.3 is 11.9 Å². The molecule has 10 atom stereocenters. The summed E-state index contributed by atoms with van der Waals surface area (Å²) in [4.78, 5) is 91.2. The number of aromatic nitrogens is 2. The number of carbonyl (C=O) groups excluding carboxylic acids is 6. The van der Waals surface area contributed by atoms with Crippen LogP contribution in [-0.2, 0) is 28.7 Å². The first-order chi connectivity index (χ1) is 29.7. The van der Waals surface area contributed by atoms with Gasteiger partial charge in [-0.3, -0.25) is 24.5 Å². The lowest BCUT2D eigenvalue weighted by Gasteiger charge is -2.51. The summed E-state index contributed by atoms with van der Waals surface area (Å²) in [6, 6.07) is 14.9. The second kappa shape index (κ2) is 19.9. The maximum Gasteiger partial charge on any atom is 0.340 e. The molecule has 16 heteroatoms. The third-order valence-corrected chi connectivity index (χ3v) is 13.9. The number of hydrogen-bond donors (Lipinski definition) is 7. The van der Waals surface area contributed by atoms with Crippen molar-refractivity contribution in [3.8, 4) is 0 Å². The van der Waals surface area contributed by atoms with E-state index in [0.29, 0.717) is 88.7 Å². The molecule has 6 aliphatic rings. The number of H-pyrrole nitrogens is 2. The Morgan fingerprint density at radius 3 is 1.40 bits per heavy atom. The van der Waals surface area contributed by atoms with E-state index >= 15 is 0 Å². The minimum atomic E-state index is -0.966. The summed E-state index contributed by atoms with van der Waals surface area (Å²) in [6.07, 6.45) is 6.54. The van der Waals surface area contributed by atoms with E-state index in [1.165, 1.54) is 0 Å². The molecule has 0 saturated heterocycles. The number of aromatic amines is 2. The quantitative estimate of drug-likeness (QED) is 0.0484. The van der Waals surface area contributed by atoms with Gasteiger partial charge in [-0.25, -0.2) is 9.59 Å². The second-order valence-corrected chi connectivity index (χ2v) is 17.3. The van der Waals surface area contributed by atoms with Crippen molar-refractivity contribution in [1.82, 2.24) is 36.6 Å². The number of amides is 4. The molecule has 10 unspecified atom stereocenters. The van der Waals surface area contributed by atoms with Gasteiger partial charge in [0.05, 0.1) is 34.8 Å². The van der Waals surface area contributed by atoms with Crippen LogP contribution in [0.1, 0.15) is 72.1 Å². The normalized spacial score (nSPS) is 27.3. The highest BCUT2D eigenvalue weighted by Gasteiger charge is 2.58. The fourth-order valence-corrected chi connectivity index (χ4v) is 11.1. The Morgan fingerprint density at radius 1 is 0.565 bits per heavy atom. The lowest BCUT2D eigenvalue weighted by molar-refractivity contribution is -0.162. The molecular weight excluding hydrogens is 814 g/mol. The molecule has 0 spiro atoms. The first-order valence-electron chi connectivity index (χ1n) is 21.9. The summed E-state index contributed by atoms with van der Waals surface area (Å²) in [7, 11) is 3.67. The first-order valence-corrected chi connectivity index (χ1v) is 21.9. The van der Waals surface area contributed by atoms with Crippen molar-refractivity contribution < 1.29 is 38.2 Å². The Hall–Kier alpha value is -5.25. The minimum absolute atomic E-state index is 0. The average Bonchev–Trinajstić information content (AvgIpc) is 3.92. The molecule has 15 nitrogen and oxygen atoms in total. The van der Waals surface area contributed by atoms with Gasteiger partial charge in [0.1, 0.15) is 12.2 Å². The van der Waals surface area contributed by atoms with Crippen LogP contribution in [0.4, 0.5) is 0 Å². The molecule has 2 aromatic heterocycles. The van der Waals surface area contributed by atoms with E-state index in [0.717, 1.165) is 21.8 Å². The van der Waals surface area contributed by atoms with Crippen molar-refractivity contribution in [2.75, 3.05) is 40.3 Å². The van der Waals surface area contributed by atoms with E-state index in [9.17, 15) is 28.8 Å².